The molecular weight excluding hydrogens is 436 g/mol. The monoisotopic (exact) mass is 468 g/mol. The van der Waals surface area contributed by atoms with Gasteiger partial charge in [0.1, 0.15) is 17.7 Å². The fraction of sp³-hybridized carbons (Fsp3) is 0.714. The van der Waals surface area contributed by atoms with Gasteiger partial charge in [0.05, 0.1) is 14.2 Å². The van der Waals surface area contributed by atoms with Crippen molar-refractivity contribution in [2.24, 2.45) is 0 Å². The molecule has 0 aromatic carbocycles. The standard InChI is InChI=1S/C21H32N4O8/c1-20(2)16(28)22(11-7-9-14(26)32-5)18(30)24(20)13-25-19(31)23(17(29)21(25,3)4)12-8-10-15(27)33-6/h7-13H2,1-6H3. The van der Waals surface area contributed by atoms with Crippen molar-refractivity contribution in [3.63, 3.8) is 0 Å². The van der Waals surface area contributed by atoms with Crippen molar-refractivity contribution in [1.29, 1.82) is 0 Å². The minimum Gasteiger partial charge on any atom is -0.469 e. The molecule has 0 aromatic rings. The lowest BCUT2D eigenvalue weighted by molar-refractivity contribution is -0.141. The van der Waals surface area contributed by atoms with Gasteiger partial charge in [-0.05, 0) is 40.5 Å². The van der Waals surface area contributed by atoms with Crippen molar-refractivity contribution in [2.45, 2.75) is 64.5 Å². The number of urea groups is 2. The van der Waals surface area contributed by atoms with Gasteiger partial charge in [0.15, 0.2) is 0 Å². The Morgan fingerprint density at radius 3 is 1.33 bits per heavy atom. The zero-order chi connectivity index (χ0) is 25.1. The van der Waals surface area contributed by atoms with Crippen LogP contribution in [0.1, 0.15) is 53.4 Å². The average Bonchev–Trinajstić information content (AvgIpc) is 3.02. The van der Waals surface area contributed by atoms with Crippen LogP contribution in [-0.4, -0.2) is 100 Å². The largest absolute Gasteiger partial charge is 0.469 e. The molecule has 0 N–H and O–H groups in total. The summed E-state index contributed by atoms with van der Waals surface area (Å²) in [6.07, 6.45) is 0.602. The van der Waals surface area contributed by atoms with E-state index < -0.39 is 46.9 Å². The minimum atomic E-state index is -1.25. The van der Waals surface area contributed by atoms with Crippen molar-refractivity contribution in [1.82, 2.24) is 19.6 Å². The highest BCUT2D eigenvalue weighted by atomic mass is 16.5. The Bertz CT molecular complexity index is 785. The Kier molecular flexibility index (Phi) is 7.71. The Balaban J connectivity index is 2.15. The van der Waals surface area contributed by atoms with E-state index in [1.54, 1.807) is 27.7 Å². The zero-order valence-corrected chi connectivity index (χ0v) is 20.0. The van der Waals surface area contributed by atoms with Crippen LogP contribution < -0.4 is 0 Å². The number of carbonyl (C=O) groups is 6. The molecule has 2 rings (SSSR count). The third-order valence-electron chi connectivity index (χ3n) is 6.07. The summed E-state index contributed by atoms with van der Waals surface area (Å²) in [6.45, 7) is 6.06. The molecule has 0 radical (unpaired) electrons. The fourth-order valence-corrected chi connectivity index (χ4v) is 3.81. The Labute approximate surface area is 192 Å². The Hall–Kier alpha value is -3.18. The highest BCUT2D eigenvalue weighted by Crippen LogP contribution is 2.33. The second kappa shape index (κ2) is 9.75. The first-order chi connectivity index (χ1) is 15.3. The van der Waals surface area contributed by atoms with Gasteiger partial charge in [-0.3, -0.25) is 38.8 Å². The smallest absolute Gasteiger partial charge is 0.329 e. The Morgan fingerprint density at radius 1 is 0.697 bits per heavy atom. The van der Waals surface area contributed by atoms with E-state index in [9.17, 15) is 28.8 Å². The molecule has 0 saturated carbocycles. The van der Waals surface area contributed by atoms with E-state index in [-0.39, 0.29) is 45.4 Å². The molecule has 12 nitrogen and oxygen atoms in total. The molecule has 2 saturated heterocycles. The quantitative estimate of drug-likeness (QED) is 0.342. The van der Waals surface area contributed by atoms with Gasteiger partial charge in [0, 0.05) is 25.9 Å². The van der Waals surface area contributed by atoms with Crippen LogP contribution >= 0.6 is 0 Å². The summed E-state index contributed by atoms with van der Waals surface area (Å²) in [5.41, 5.74) is -2.50. The topological polar surface area (TPSA) is 134 Å². The predicted octanol–water partition coefficient (Wildman–Crippen LogP) is 0.936. The van der Waals surface area contributed by atoms with Crippen LogP contribution in [0.2, 0.25) is 0 Å². The third-order valence-corrected chi connectivity index (χ3v) is 6.07. The molecule has 2 aliphatic heterocycles. The van der Waals surface area contributed by atoms with E-state index >= 15 is 0 Å². The SMILES string of the molecule is COC(=O)CCCN1C(=O)N(CN2C(=O)N(CCCC(=O)OC)C(=O)C2(C)C)C(C)(C)C1=O. The molecule has 12 heteroatoms. The van der Waals surface area contributed by atoms with Gasteiger partial charge in [-0.1, -0.05) is 0 Å². The maximum atomic E-state index is 13.1. The normalized spacial score (nSPS) is 19.6. The average molecular weight is 469 g/mol. The second-order valence-corrected chi connectivity index (χ2v) is 8.95. The maximum Gasteiger partial charge on any atom is 0.329 e. The van der Waals surface area contributed by atoms with Crippen molar-refractivity contribution >= 4 is 35.8 Å². The van der Waals surface area contributed by atoms with Crippen molar-refractivity contribution in [3.05, 3.63) is 0 Å². The molecule has 0 bridgehead atoms. The lowest BCUT2D eigenvalue weighted by Crippen LogP contribution is -2.55. The van der Waals surface area contributed by atoms with E-state index in [2.05, 4.69) is 9.47 Å². The lowest BCUT2D eigenvalue weighted by Gasteiger charge is -2.36. The Morgan fingerprint density at radius 2 is 1.03 bits per heavy atom. The number of methoxy groups -OCH3 is 2. The molecule has 33 heavy (non-hydrogen) atoms. The molecule has 0 aromatic heterocycles. The van der Waals surface area contributed by atoms with Gasteiger partial charge in [0.2, 0.25) is 0 Å². The van der Waals surface area contributed by atoms with Gasteiger partial charge in [0.25, 0.3) is 11.8 Å². The number of nitrogens with zero attached hydrogens (tertiary/aromatic N) is 4. The number of amides is 6. The molecule has 2 heterocycles. The van der Waals surface area contributed by atoms with Gasteiger partial charge in [-0.2, -0.15) is 0 Å². The van der Waals surface area contributed by atoms with Crippen molar-refractivity contribution < 1.29 is 38.2 Å². The summed E-state index contributed by atoms with van der Waals surface area (Å²) in [6, 6.07) is -1.20. The fourth-order valence-electron chi connectivity index (χ4n) is 3.81. The van der Waals surface area contributed by atoms with E-state index in [1.807, 2.05) is 0 Å². The van der Waals surface area contributed by atoms with Crippen molar-refractivity contribution in [3.8, 4) is 0 Å². The molecule has 0 unspecified atom stereocenters. The van der Waals surface area contributed by atoms with Crippen LogP contribution in [0, 0.1) is 0 Å². The molecule has 0 atom stereocenters. The number of hydrogen-bond acceptors (Lipinski definition) is 8. The molecule has 2 fully saturated rings. The van der Waals surface area contributed by atoms with E-state index in [0.29, 0.717) is 0 Å². The van der Waals surface area contributed by atoms with Crippen LogP contribution in [-0.2, 0) is 28.7 Å². The van der Waals surface area contributed by atoms with Gasteiger partial charge >= 0.3 is 24.0 Å². The van der Waals surface area contributed by atoms with E-state index in [0.717, 1.165) is 9.80 Å². The van der Waals surface area contributed by atoms with Crippen LogP contribution in [0.4, 0.5) is 9.59 Å². The lowest BCUT2D eigenvalue weighted by atomic mass is 10.0. The summed E-state index contributed by atoms with van der Waals surface area (Å²) in [5, 5.41) is 0. The predicted molar refractivity (Wildman–Crippen MR) is 113 cm³/mol. The van der Waals surface area contributed by atoms with Crippen LogP contribution in [0.15, 0.2) is 0 Å². The van der Waals surface area contributed by atoms with Crippen molar-refractivity contribution in [2.75, 3.05) is 34.0 Å². The summed E-state index contributed by atoms with van der Waals surface area (Å²) in [7, 11) is 2.52. The molecular formula is C21H32N4O8. The zero-order valence-electron chi connectivity index (χ0n) is 20.0. The molecule has 0 aliphatic carbocycles. The molecule has 2 aliphatic rings. The highest BCUT2D eigenvalue weighted by molar-refractivity contribution is 6.08. The number of imide groups is 2. The first kappa shape index (κ1) is 26.1. The number of rotatable bonds is 10. The molecule has 0 spiro atoms. The first-order valence-corrected chi connectivity index (χ1v) is 10.7. The first-order valence-electron chi connectivity index (χ1n) is 10.7. The van der Waals surface area contributed by atoms with E-state index in [1.165, 1.54) is 24.0 Å². The minimum absolute atomic E-state index is 0.0304. The summed E-state index contributed by atoms with van der Waals surface area (Å²) in [5.74, 6) is -1.80. The van der Waals surface area contributed by atoms with Gasteiger partial charge < -0.3 is 9.47 Å². The third kappa shape index (κ3) is 4.93. The van der Waals surface area contributed by atoms with Gasteiger partial charge in [-0.15, -0.1) is 0 Å². The summed E-state index contributed by atoms with van der Waals surface area (Å²) in [4.78, 5) is 79.2. The van der Waals surface area contributed by atoms with Gasteiger partial charge in [-0.25, -0.2) is 9.59 Å². The highest BCUT2D eigenvalue weighted by Gasteiger charge is 2.56. The number of carbonyl (C=O) groups excluding carboxylic acids is 6. The molecule has 184 valence electrons. The maximum absolute atomic E-state index is 13.1. The molecule has 6 amide bonds. The van der Waals surface area contributed by atoms with Crippen LogP contribution in [0.5, 0.6) is 0 Å². The van der Waals surface area contributed by atoms with Crippen LogP contribution in [0.25, 0.3) is 0 Å². The summed E-state index contributed by atoms with van der Waals surface area (Å²) < 4.78 is 9.15. The number of esters is 2. The van der Waals surface area contributed by atoms with Crippen LogP contribution in [0.3, 0.4) is 0 Å². The second-order valence-electron chi connectivity index (χ2n) is 8.95. The summed E-state index contributed by atoms with van der Waals surface area (Å²) >= 11 is 0. The van der Waals surface area contributed by atoms with E-state index in [4.69, 9.17) is 0 Å². The number of hydrogen-bond donors (Lipinski definition) is 0. The number of ether oxygens (including phenoxy) is 2.